The molecule has 1 fully saturated rings. The number of para-hydroxylation sites is 1. The van der Waals surface area contributed by atoms with E-state index in [1.54, 1.807) is 0 Å². The van der Waals surface area contributed by atoms with Crippen LogP contribution in [0.25, 0.3) is 11.3 Å². The number of benzene rings is 2. The molecule has 2 heterocycles. The first-order valence-corrected chi connectivity index (χ1v) is 11.2. The van der Waals surface area contributed by atoms with E-state index in [0.717, 1.165) is 29.3 Å². The van der Waals surface area contributed by atoms with Gasteiger partial charge in [-0.2, -0.15) is 5.26 Å². The Morgan fingerprint density at radius 1 is 1.12 bits per heavy atom. The number of carbonyl (C=O) groups excluding carboxylic acids is 1. The maximum Gasteiger partial charge on any atom is 0.267 e. The molecule has 0 radical (unpaired) electrons. The van der Waals surface area contributed by atoms with E-state index in [-0.39, 0.29) is 0 Å². The number of carbonyl (C=O) groups is 1. The first-order valence-electron chi connectivity index (χ1n) is 11.2. The number of imidazole rings is 1. The lowest BCUT2D eigenvalue weighted by atomic mass is 10.1. The van der Waals surface area contributed by atoms with Gasteiger partial charge in [0.25, 0.3) is 5.91 Å². The van der Waals surface area contributed by atoms with Gasteiger partial charge >= 0.3 is 0 Å². The molecule has 1 saturated carbocycles. The molecule has 7 nitrogen and oxygen atoms in total. The Morgan fingerprint density at radius 2 is 1.85 bits per heavy atom. The molecule has 2 N–H and O–H groups in total. The third-order valence-corrected chi connectivity index (χ3v) is 5.99. The van der Waals surface area contributed by atoms with Gasteiger partial charge in [0.2, 0.25) is 0 Å². The number of primary amides is 1. The number of rotatable bonds is 7. The predicted octanol–water partition coefficient (Wildman–Crippen LogP) is 4.12. The Hall–Kier alpha value is -3.89. The average Bonchev–Trinajstić information content (AvgIpc) is 3.56. The van der Waals surface area contributed by atoms with Crippen molar-refractivity contribution in [2.75, 3.05) is 13.1 Å². The Kier molecular flexibility index (Phi) is 5.68. The van der Waals surface area contributed by atoms with Gasteiger partial charge in [-0.1, -0.05) is 24.3 Å². The van der Waals surface area contributed by atoms with Gasteiger partial charge in [0, 0.05) is 30.8 Å². The van der Waals surface area contributed by atoms with Crippen molar-refractivity contribution in [1.29, 1.82) is 5.26 Å². The fraction of sp³-hybridized carbons (Fsp3) is 0.269. The molecule has 0 atom stereocenters. The van der Waals surface area contributed by atoms with Crippen LogP contribution in [0.5, 0.6) is 11.5 Å². The summed E-state index contributed by atoms with van der Waals surface area (Å²) in [6, 6.07) is 19.4. The Bertz CT molecular complexity index is 1230. The molecular weight excluding hydrogens is 414 g/mol. The molecular formula is C26H25N5O2. The van der Waals surface area contributed by atoms with Crippen LogP contribution in [-0.4, -0.2) is 33.4 Å². The molecule has 33 heavy (non-hydrogen) atoms. The van der Waals surface area contributed by atoms with Crippen molar-refractivity contribution in [3.8, 4) is 28.8 Å². The summed E-state index contributed by atoms with van der Waals surface area (Å²) < 4.78 is 7.78. The Balaban J connectivity index is 1.37. The summed E-state index contributed by atoms with van der Waals surface area (Å²) in [6.07, 6.45) is 4.45. The Morgan fingerprint density at radius 3 is 2.52 bits per heavy atom. The van der Waals surface area contributed by atoms with Crippen LogP contribution in [0.1, 0.15) is 29.2 Å². The molecule has 166 valence electrons. The van der Waals surface area contributed by atoms with Crippen LogP contribution < -0.4 is 10.5 Å². The van der Waals surface area contributed by atoms with Crippen LogP contribution in [0.3, 0.4) is 0 Å². The molecule has 1 aliphatic carbocycles. The van der Waals surface area contributed by atoms with E-state index in [4.69, 9.17) is 15.5 Å². The fourth-order valence-electron chi connectivity index (χ4n) is 4.19. The van der Waals surface area contributed by atoms with Crippen molar-refractivity contribution in [3.05, 3.63) is 77.8 Å². The van der Waals surface area contributed by atoms with Gasteiger partial charge in [0.15, 0.2) is 0 Å². The zero-order valence-electron chi connectivity index (χ0n) is 18.3. The number of allylic oxidation sites excluding steroid dienone is 1. The van der Waals surface area contributed by atoms with E-state index in [9.17, 15) is 10.1 Å². The van der Waals surface area contributed by atoms with Crippen molar-refractivity contribution in [1.82, 2.24) is 14.5 Å². The Labute approximate surface area is 192 Å². The second-order valence-electron chi connectivity index (χ2n) is 8.53. The molecule has 5 rings (SSSR count). The molecule has 0 unspecified atom stereocenters. The molecule has 3 aromatic rings. The normalized spacial score (nSPS) is 16.2. The number of ether oxygens (including phenoxy) is 1. The number of amides is 1. The zero-order valence-corrected chi connectivity index (χ0v) is 18.3. The quantitative estimate of drug-likeness (QED) is 0.559. The summed E-state index contributed by atoms with van der Waals surface area (Å²) in [6.45, 7) is 2.51. The molecule has 1 aromatic heterocycles. The highest BCUT2D eigenvalue weighted by Gasteiger charge is 2.28. The molecule has 0 bridgehead atoms. The number of aromatic nitrogens is 2. The van der Waals surface area contributed by atoms with Gasteiger partial charge in [-0.05, 0) is 55.2 Å². The number of nitrogens with zero attached hydrogens (tertiary/aromatic N) is 4. The topological polar surface area (TPSA) is 97.2 Å². The van der Waals surface area contributed by atoms with Crippen molar-refractivity contribution >= 4 is 5.91 Å². The SMILES string of the molecule is N#C/C(=C/C1CC1)CN1CCn2c(nc(-c3ccc(Oc4ccccc4)cc3)c2C(N)=O)C1. The third-order valence-electron chi connectivity index (χ3n) is 5.99. The standard InChI is InChI=1S/C26H25N5O2/c27-15-19(14-18-6-7-18)16-30-12-13-31-23(17-30)29-24(25(31)26(28)32)20-8-10-22(11-9-20)33-21-4-2-1-3-5-21/h1-5,8-11,14,18H,6-7,12-13,16-17H2,(H2,28,32)/b19-14-. The lowest BCUT2D eigenvalue weighted by Gasteiger charge is -2.27. The minimum Gasteiger partial charge on any atom is -0.457 e. The highest BCUT2D eigenvalue weighted by molar-refractivity contribution is 5.97. The van der Waals surface area contributed by atoms with E-state index in [1.165, 1.54) is 12.8 Å². The maximum atomic E-state index is 12.3. The van der Waals surface area contributed by atoms with E-state index >= 15 is 0 Å². The largest absolute Gasteiger partial charge is 0.457 e. The summed E-state index contributed by atoms with van der Waals surface area (Å²) in [5.74, 6) is 2.32. The molecule has 7 heteroatoms. The second-order valence-corrected chi connectivity index (χ2v) is 8.53. The first kappa shape index (κ1) is 21.0. The van der Waals surface area contributed by atoms with Crippen LogP contribution in [-0.2, 0) is 13.1 Å². The van der Waals surface area contributed by atoms with Crippen molar-refractivity contribution in [2.45, 2.75) is 25.9 Å². The van der Waals surface area contributed by atoms with Crippen molar-refractivity contribution in [3.63, 3.8) is 0 Å². The van der Waals surface area contributed by atoms with Crippen LogP contribution in [0.15, 0.2) is 66.2 Å². The van der Waals surface area contributed by atoms with Crippen LogP contribution in [0.2, 0.25) is 0 Å². The number of nitrogens with two attached hydrogens (primary N) is 1. The van der Waals surface area contributed by atoms with Crippen molar-refractivity contribution < 1.29 is 9.53 Å². The first-order chi connectivity index (χ1) is 16.1. The molecule has 2 aliphatic rings. The van der Waals surface area contributed by atoms with E-state index in [2.05, 4.69) is 17.0 Å². The molecule has 1 amide bonds. The lowest BCUT2D eigenvalue weighted by molar-refractivity contribution is 0.0988. The summed E-state index contributed by atoms with van der Waals surface area (Å²) in [7, 11) is 0. The summed E-state index contributed by atoms with van der Waals surface area (Å²) >= 11 is 0. The van der Waals surface area contributed by atoms with E-state index in [1.807, 2.05) is 59.2 Å². The summed E-state index contributed by atoms with van der Waals surface area (Å²) in [5, 5.41) is 9.48. The third kappa shape index (κ3) is 4.66. The molecule has 0 spiro atoms. The highest BCUT2D eigenvalue weighted by atomic mass is 16.5. The molecule has 1 aliphatic heterocycles. The summed E-state index contributed by atoms with van der Waals surface area (Å²) in [4.78, 5) is 19.3. The summed E-state index contributed by atoms with van der Waals surface area (Å²) in [5.41, 5.74) is 8.39. The van der Waals surface area contributed by atoms with Crippen LogP contribution >= 0.6 is 0 Å². The predicted molar refractivity (Wildman–Crippen MR) is 124 cm³/mol. The van der Waals surface area contributed by atoms with Crippen LogP contribution in [0, 0.1) is 17.2 Å². The smallest absolute Gasteiger partial charge is 0.267 e. The second kappa shape index (κ2) is 8.93. The fourth-order valence-corrected chi connectivity index (χ4v) is 4.19. The maximum absolute atomic E-state index is 12.3. The molecule has 2 aromatic carbocycles. The highest BCUT2D eigenvalue weighted by Crippen LogP contribution is 2.32. The lowest BCUT2D eigenvalue weighted by Crippen LogP contribution is -2.36. The number of hydrogen-bond donors (Lipinski definition) is 1. The number of fused-ring (bicyclic) bond motifs is 1. The van der Waals surface area contributed by atoms with Gasteiger partial charge in [0.1, 0.15) is 28.7 Å². The minimum atomic E-state index is -0.492. The zero-order chi connectivity index (χ0) is 22.8. The number of hydrogen-bond acceptors (Lipinski definition) is 5. The molecule has 0 saturated heterocycles. The van der Waals surface area contributed by atoms with Gasteiger partial charge in [0.05, 0.1) is 12.6 Å². The van der Waals surface area contributed by atoms with Gasteiger partial charge < -0.3 is 15.0 Å². The van der Waals surface area contributed by atoms with Gasteiger partial charge in [-0.15, -0.1) is 0 Å². The van der Waals surface area contributed by atoms with Crippen molar-refractivity contribution in [2.24, 2.45) is 11.7 Å². The average molecular weight is 440 g/mol. The van der Waals surface area contributed by atoms with Gasteiger partial charge in [-0.3, -0.25) is 9.69 Å². The van der Waals surface area contributed by atoms with E-state index in [0.29, 0.717) is 42.7 Å². The number of nitriles is 1. The monoisotopic (exact) mass is 439 g/mol. The van der Waals surface area contributed by atoms with Gasteiger partial charge in [-0.25, -0.2) is 4.98 Å². The van der Waals surface area contributed by atoms with Crippen LogP contribution in [0.4, 0.5) is 0 Å². The minimum absolute atomic E-state index is 0.426. The van der Waals surface area contributed by atoms with E-state index < -0.39 is 5.91 Å².